The van der Waals surface area contributed by atoms with Crippen molar-refractivity contribution >= 4 is 17.7 Å². The van der Waals surface area contributed by atoms with Crippen molar-refractivity contribution in [1.82, 2.24) is 14.8 Å². The van der Waals surface area contributed by atoms with Crippen LogP contribution in [-0.4, -0.2) is 59.5 Å². The highest BCUT2D eigenvalue weighted by atomic mass is 32.2. The molecule has 1 aromatic carbocycles. The van der Waals surface area contributed by atoms with Gasteiger partial charge >= 0.3 is 0 Å². The Morgan fingerprint density at radius 1 is 1.08 bits per heavy atom. The molecule has 2 saturated heterocycles. The monoisotopic (exact) mass is 346 g/mol. The zero-order valence-corrected chi connectivity index (χ0v) is 14.7. The standard InChI is InChI=1S/C17H22N4O2S/c1-13-4-2-3-5-15(13)21-16(20-7-10-22-11-8-20)18-19-17(21)24-14-6-9-23-12-14/h2-5,14H,6-12H2,1H3. The van der Waals surface area contributed by atoms with Crippen molar-refractivity contribution in [2.45, 2.75) is 23.8 Å². The third kappa shape index (κ3) is 3.16. The molecule has 1 aromatic heterocycles. The first-order valence-corrected chi connectivity index (χ1v) is 9.29. The van der Waals surface area contributed by atoms with Gasteiger partial charge in [0.1, 0.15) is 0 Å². The Morgan fingerprint density at radius 3 is 2.67 bits per heavy atom. The quantitative estimate of drug-likeness (QED) is 0.847. The molecule has 0 bridgehead atoms. The molecule has 1 atom stereocenters. The largest absolute Gasteiger partial charge is 0.380 e. The van der Waals surface area contributed by atoms with Crippen LogP contribution in [0.1, 0.15) is 12.0 Å². The second kappa shape index (κ2) is 7.13. The number of aromatic nitrogens is 3. The molecule has 1 unspecified atom stereocenters. The van der Waals surface area contributed by atoms with Crippen LogP contribution in [-0.2, 0) is 9.47 Å². The molecular formula is C17H22N4O2S. The van der Waals surface area contributed by atoms with Crippen LogP contribution in [0.3, 0.4) is 0 Å². The fourth-order valence-electron chi connectivity index (χ4n) is 3.09. The number of nitrogens with zero attached hydrogens (tertiary/aromatic N) is 4. The summed E-state index contributed by atoms with van der Waals surface area (Å²) in [4.78, 5) is 2.26. The van der Waals surface area contributed by atoms with Crippen molar-refractivity contribution in [2.75, 3.05) is 44.4 Å². The second-order valence-electron chi connectivity index (χ2n) is 6.11. The van der Waals surface area contributed by atoms with Crippen LogP contribution in [0.2, 0.25) is 0 Å². The van der Waals surface area contributed by atoms with Crippen LogP contribution in [0.25, 0.3) is 5.69 Å². The lowest BCUT2D eigenvalue weighted by atomic mass is 10.2. The molecular weight excluding hydrogens is 324 g/mol. The molecule has 2 aromatic rings. The molecule has 2 aliphatic heterocycles. The fraction of sp³-hybridized carbons (Fsp3) is 0.529. The predicted molar refractivity (Wildman–Crippen MR) is 94.2 cm³/mol. The van der Waals surface area contributed by atoms with Gasteiger partial charge in [0.25, 0.3) is 0 Å². The van der Waals surface area contributed by atoms with E-state index in [1.54, 1.807) is 11.8 Å². The predicted octanol–water partition coefficient (Wildman–Crippen LogP) is 2.29. The minimum absolute atomic E-state index is 0.453. The van der Waals surface area contributed by atoms with E-state index in [1.165, 1.54) is 5.56 Å². The van der Waals surface area contributed by atoms with Crippen LogP contribution in [0.5, 0.6) is 0 Å². The highest BCUT2D eigenvalue weighted by Gasteiger charge is 2.26. The Kier molecular flexibility index (Phi) is 4.73. The summed E-state index contributed by atoms with van der Waals surface area (Å²) in [7, 11) is 0. The van der Waals surface area contributed by atoms with Gasteiger partial charge < -0.3 is 14.4 Å². The summed E-state index contributed by atoms with van der Waals surface area (Å²) in [6, 6.07) is 8.40. The maximum Gasteiger partial charge on any atom is 0.232 e. The lowest BCUT2D eigenvalue weighted by Crippen LogP contribution is -2.38. The van der Waals surface area contributed by atoms with Crippen molar-refractivity contribution in [1.29, 1.82) is 0 Å². The minimum atomic E-state index is 0.453. The van der Waals surface area contributed by atoms with Gasteiger partial charge in [0.05, 0.1) is 25.5 Å². The first-order chi connectivity index (χ1) is 11.8. The average Bonchev–Trinajstić information content (AvgIpc) is 3.27. The van der Waals surface area contributed by atoms with Crippen molar-refractivity contribution in [3.8, 4) is 5.69 Å². The molecule has 0 amide bonds. The van der Waals surface area contributed by atoms with Gasteiger partial charge in [-0.2, -0.15) is 0 Å². The summed E-state index contributed by atoms with van der Waals surface area (Å²) >= 11 is 1.77. The first-order valence-electron chi connectivity index (χ1n) is 8.41. The Hall–Kier alpha value is -1.57. The maximum absolute atomic E-state index is 5.52. The number of morpholine rings is 1. The topological polar surface area (TPSA) is 52.4 Å². The normalized spacial score (nSPS) is 21.4. The molecule has 2 fully saturated rings. The van der Waals surface area contributed by atoms with Gasteiger partial charge in [0.15, 0.2) is 5.16 Å². The van der Waals surface area contributed by atoms with E-state index in [9.17, 15) is 0 Å². The summed E-state index contributed by atoms with van der Waals surface area (Å²) in [5.74, 6) is 0.911. The van der Waals surface area contributed by atoms with Crippen LogP contribution in [0.15, 0.2) is 29.4 Å². The van der Waals surface area contributed by atoms with E-state index in [2.05, 4.69) is 50.9 Å². The lowest BCUT2D eigenvalue weighted by molar-refractivity contribution is 0.122. The van der Waals surface area contributed by atoms with E-state index >= 15 is 0 Å². The van der Waals surface area contributed by atoms with Gasteiger partial charge in [-0.1, -0.05) is 30.0 Å². The number of benzene rings is 1. The second-order valence-corrected chi connectivity index (χ2v) is 7.37. The molecule has 0 aliphatic carbocycles. The Morgan fingerprint density at radius 2 is 1.92 bits per heavy atom. The zero-order chi connectivity index (χ0) is 16.4. The number of para-hydroxylation sites is 1. The molecule has 128 valence electrons. The molecule has 24 heavy (non-hydrogen) atoms. The van der Waals surface area contributed by atoms with E-state index in [4.69, 9.17) is 9.47 Å². The molecule has 0 N–H and O–H groups in total. The number of thioether (sulfide) groups is 1. The molecule has 6 nitrogen and oxygen atoms in total. The van der Waals surface area contributed by atoms with E-state index in [0.29, 0.717) is 5.25 Å². The van der Waals surface area contributed by atoms with Gasteiger partial charge in [0.2, 0.25) is 5.95 Å². The molecule has 0 radical (unpaired) electrons. The fourth-order valence-corrected chi connectivity index (χ4v) is 4.14. The Balaban J connectivity index is 1.73. The number of hydrogen-bond donors (Lipinski definition) is 0. The van der Waals surface area contributed by atoms with E-state index in [1.807, 2.05) is 0 Å². The Labute approximate surface area is 146 Å². The summed E-state index contributed by atoms with van der Waals surface area (Å²) in [6.07, 6.45) is 1.07. The van der Waals surface area contributed by atoms with Crippen molar-refractivity contribution < 1.29 is 9.47 Å². The summed E-state index contributed by atoms with van der Waals surface area (Å²) < 4.78 is 13.2. The number of aryl methyl sites for hydroxylation is 1. The van der Waals surface area contributed by atoms with E-state index < -0.39 is 0 Å². The zero-order valence-electron chi connectivity index (χ0n) is 13.9. The van der Waals surface area contributed by atoms with Gasteiger partial charge in [-0.25, -0.2) is 0 Å². The number of anilines is 1. The summed E-state index contributed by atoms with van der Waals surface area (Å²) in [5, 5.41) is 10.4. The van der Waals surface area contributed by atoms with Crippen LogP contribution < -0.4 is 4.90 Å². The van der Waals surface area contributed by atoms with Crippen LogP contribution >= 0.6 is 11.8 Å². The lowest BCUT2D eigenvalue weighted by Gasteiger charge is -2.28. The third-order valence-corrected chi connectivity index (χ3v) is 5.61. The minimum Gasteiger partial charge on any atom is -0.380 e. The summed E-state index contributed by atoms with van der Waals surface area (Å²) in [5.41, 5.74) is 2.36. The molecule has 7 heteroatoms. The van der Waals surface area contributed by atoms with Crippen molar-refractivity contribution in [2.24, 2.45) is 0 Å². The molecule has 0 saturated carbocycles. The van der Waals surface area contributed by atoms with Crippen LogP contribution in [0, 0.1) is 6.92 Å². The average molecular weight is 346 g/mol. The van der Waals surface area contributed by atoms with Gasteiger partial charge in [-0.15, -0.1) is 10.2 Å². The van der Waals surface area contributed by atoms with E-state index in [0.717, 1.165) is 62.7 Å². The maximum atomic E-state index is 5.52. The molecule has 3 heterocycles. The first kappa shape index (κ1) is 15.9. The Bertz CT molecular complexity index is 694. The van der Waals surface area contributed by atoms with Gasteiger partial charge in [-0.3, -0.25) is 4.57 Å². The smallest absolute Gasteiger partial charge is 0.232 e. The molecule has 4 rings (SSSR count). The highest BCUT2D eigenvalue weighted by molar-refractivity contribution is 7.99. The number of rotatable bonds is 4. The van der Waals surface area contributed by atoms with Crippen molar-refractivity contribution in [3.05, 3.63) is 29.8 Å². The number of hydrogen-bond acceptors (Lipinski definition) is 6. The molecule has 0 spiro atoms. The summed E-state index contributed by atoms with van der Waals surface area (Å²) in [6.45, 7) is 6.93. The van der Waals surface area contributed by atoms with Gasteiger partial charge in [0, 0.05) is 24.9 Å². The number of ether oxygens (including phenoxy) is 2. The van der Waals surface area contributed by atoms with Gasteiger partial charge in [-0.05, 0) is 25.0 Å². The SMILES string of the molecule is Cc1ccccc1-n1c(SC2CCOC2)nnc1N1CCOCC1. The third-order valence-electron chi connectivity index (χ3n) is 4.43. The molecule has 2 aliphatic rings. The highest BCUT2D eigenvalue weighted by Crippen LogP contribution is 2.33. The van der Waals surface area contributed by atoms with Crippen molar-refractivity contribution in [3.63, 3.8) is 0 Å². The van der Waals surface area contributed by atoms with Crippen LogP contribution in [0.4, 0.5) is 5.95 Å². The van der Waals surface area contributed by atoms with E-state index in [-0.39, 0.29) is 0 Å².